The van der Waals surface area contributed by atoms with Crippen LogP contribution in [0, 0.1) is 12.7 Å². The third-order valence-corrected chi connectivity index (χ3v) is 4.25. The Balaban J connectivity index is 1.97. The molecule has 0 spiro atoms. The van der Waals surface area contributed by atoms with Crippen LogP contribution in [0.4, 0.5) is 10.1 Å². The smallest absolute Gasteiger partial charge is 0.241 e. The monoisotopic (exact) mass is 322 g/mol. The summed E-state index contributed by atoms with van der Waals surface area (Å²) in [5, 5.41) is 2.47. The Hall–Kier alpha value is -2.25. The lowest BCUT2D eigenvalue weighted by Crippen LogP contribution is -2.32. The van der Waals surface area contributed by atoms with Gasteiger partial charge in [-0.2, -0.15) is 0 Å². The Labute approximate surface area is 128 Å². The van der Waals surface area contributed by atoms with Gasteiger partial charge in [0.2, 0.25) is 15.9 Å². The van der Waals surface area contributed by atoms with Crippen molar-refractivity contribution >= 4 is 21.6 Å². The van der Waals surface area contributed by atoms with Crippen molar-refractivity contribution in [2.75, 3.05) is 11.9 Å². The molecule has 2 N–H and O–H groups in total. The third-order valence-electron chi connectivity index (χ3n) is 2.85. The van der Waals surface area contributed by atoms with E-state index >= 15 is 0 Å². The summed E-state index contributed by atoms with van der Waals surface area (Å²) in [7, 11) is -3.75. The topological polar surface area (TPSA) is 75.3 Å². The van der Waals surface area contributed by atoms with E-state index in [1.165, 1.54) is 36.4 Å². The first-order chi connectivity index (χ1) is 10.4. The fourth-order valence-corrected chi connectivity index (χ4v) is 2.85. The highest BCUT2D eigenvalue weighted by atomic mass is 32.2. The minimum atomic E-state index is -3.75. The SMILES string of the molecule is Cc1cccc(S(=O)(=O)NCC(=O)Nc2ccc(F)cc2)c1. The second kappa shape index (κ2) is 6.67. The van der Waals surface area contributed by atoms with Gasteiger partial charge in [0.1, 0.15) is 5.82 Å². The molecule has 0 aromatic heterocycles. The first-order valence-corrected chi connectivity index (χ1v) is 7.97. The minimum Gasteiger partial charge on any atom is -0.325 e. The average molecular weight is 322 g/mol. The summed E-state index contributed by atoms with van der Waals surface area (Å²) in [5.74, 6) is -0.957. The maximum Gasteiger partial charge on any atom is 0.241 e. The van der Waals surface area contributed by atoms with Crippen molar-refractivity contribution in [2.45, 2.75) is 11.8 Å². The quantitative estimate of drug-likeness (QED) is 0.884. The zero-order valence-corrected chi connectivity index (χ0v) is 12.7. The number of carbonyl (C=O) groups is 1. The number of halogens is 1. The lowest BCUT2D eigenvalue weighted by atomic mass is 10.2. The van der Waals surface area contributed by atoms with Gasteiger partial charge in [0, 0.05) is 5.69 Å². The van der Waals surface area contributed by atoms with Crippen molar-refractivity contribution < 1.29 is 17.6 Å². The van der Waals surface area contributed by atoms with Gasteiger partial charge in [-0.1, -0.05) is 12.1 Å². The molecule has 0 unspecified atom stereocenters. The van der Waals surface area contributed by atoms with E-state index in [0.29, 0.717) is 5.69 Å². The number of hydrogen-bond donors (Lipinski definition) is 2. The molecule has 0 saturated carbocycles. The first-order valence-electron chi connectivity index (χ1n) is 6.48. The van der Waals surface area contributed by atoms with E-state index in [4.69, 9.17) is 0 Å². The summed E-state index contributed by atoms with van der Waals surface area (Å²) in [6, 6.07) is 11.6. The van der Waals surface area contributed by atoms with Gasteiger partial charge in [0.05, 0.1) is 11.4 Å². The number of carbonyl (C=O) groups excluding carboxylic acids is 1. The molecule has 7 heteroatoms. The number of benzene rings is 2. The highest BCUT2D eigenvalue weighted by Gasteiger charge is 2.15. The van der Waals surface area contributed by atoms with Crippen molar-refractivity contribution in [3.8, 4) is 0 Å². The van der Waals surface area contributed by atoms with E-state index in [1.54, 1.807) is 19.1 Å². The molecule has 0 aliphatic rings. The molecular weight excluding hydrogens is 307 g/mol. The largest absolute Gasteiger partial charge is 0.325 e. The van der Waals surface area contributed by atoms with Crippen molar-refractivity contribution in [1.82, 2.24) is 4.72 Å². The van der Waals surface area contributed by atoms with Gasteiger partial charge in [-0.15, -0.1) is 0 Å². The van der Waals surface area contributed by atoms with Gasteiger partial charge in [-0.05, 0) is 48.9 Å². The van der Waals surface area contributed by atoms with E-state index < -0.39 is 28.3 Å². The molecule has 22 heavy (non-hydrogen) atoms. The van der Waals surface area contributed by atoms with Crippen LogP contribution in [0.15, 0.2) is 53.4 Å². The van der Waals surface area contributed by atoms with Crippen LogP contribution in [0.3, 0.4) is 0 Å². The molecule has 2 aromatic rings. The zero-order chi connectivity index (χ0) is 16.2. The lowest BCUT2D eigenvalue weighted by Gasteiger charge is -2.08. The first kappa shape index (κ1) is 16.1. The molecule has 5 nitrogen and oxygen atoms in total. The predicted molar refractivity (Wildman–Crippen MR) is 81.4 cm³/mol. The van der Waals surface area contributed by atoms with Crippen LogP contribution < -0.4 is 10.0 Å². The van der Waals surface area contributed by atoms with Gasteiger partial charge in [-0.3, -0.25) is 4.79 Å². The van der Waals surface area contributed by atoms with E-state index in [0.717, 1.165) is 5.56 Å². The third kappa shape index (κ3) is 4.37. The molecule has 0 radical (unpaired) electrons. The highest BCUT2D eigenvalue weighted by Crippen LogP contribution is 2.11. The molecule has 0 atom stereocenters. The summed E-state index contributed by atoms with van der Waals surface area (Å²) in [5.41, 5.74) is 1.19. The molecule has 0 fully saturated rings. The molecule has 0 bridgehead atoms. The van der Waals surface area contributed by atoms with Gasteiger partial charge in [0.25, 0.3) is 0 Å². The lowest BCUT2D eigenvalue weighted by molar-refractivity contribution is -0.115. The fraction of sp³-hybridized carbons (Fsp3) is 0.133. The molecular formula is C15H15FN2O3S. The number of rotatable bonds is 5. The molecule has 2 aromatic carbocycles. The second-order valence-electron chi connectivity index (χ2n) is 4.70. The Bertz CT molecular complexity index is 774. The van der Waals surface area contributed by atoms with Gasteiger partial charge < -0.3 is 5.32 Å². The molecule has 0 heterocycles. The predicted octanol–water partition coefficient (Wildman–Crippen LogP) is 2.05. The summed E-state index contributed by atoms with van der Waals surface area (Å²) < 4.78 is 39.1. The molecule has 116 valence electrons. The normalized spacial score (nSPS) is 11.2. The zero-order valence-electron chi connectivity index (χ0n) is 11.8. The van der Waals surface area contributed by atoms with E-state index in [1.807, 2.05) is 0 Å². The molecule has 2 rings (SSSR count). The van der Waals surface area contributed by atoms with Crippen molar-refractivity contribution in [1.29, 1.82) is 0 Å². The van der Waals surface area contributed by atoms with Gasteiger partial charge >= 0.3 is 0 Å². The fourth-order valence-electron chi connectivity index (χ4n) is 1.76. The maximum absolute atomic E-state index is 12.7. The van der Waals surface area contributed by atoms with Gasteiger partial charge in [-0.25, -0.2) is 17.5 Å². The summed E-state index contributed by atoms with van der Waals surface area (Å²) in [6.07, 6.45) is 0. The second-order valence-corrected chi connectivity index (χ2v) is 6.46. The number of nitrogens with one attached hydrogen (secondary N) is 2. The number of sulfonamides is 1. The number of anilines is 1. The van der Waals surface area contributed by atoms with Crippen LogP contribution in [-0.2, 0) is 14.8 Å². The van der Waals surface area contributed by atoms with E-state index in [9.17, 15) is 17.6 Å². The van der Waals surface area contributed by atoms with Crippen LogP contribution in [0.1, 0.15) is 5.56 Å². The number of aryl methyl sites for hydroxylation is 1. The molecule has 0 aliphatic heterocycles. The molecule has 0 saturated heterocycles. The number of hydrogen-bond acceptors (Lipinski definition) is 3. The minimum absolute atomic E-state index is 0.0992. The summed E-state index contributed by atoms with van der Waals surface area (Å²) in [4.78, 5) is 11.8. The van der Waals surface area contributed by atoms with E-state index in [2.05, 4.69) is 10.0 Å². The highest BCUT2D eigenvalue weighted by molar-refractivity contribution is 7.89. The van der Waals surface area contributed by atoms with Crippen molar-refractivity contribution in [3.63, 3.8) is 0 Å². The summed E-state index contributed by atoms with van der Waals surface area (Å²) >= 11 is 0. The van der Waals surface area contributed by atoms with Crippen molar-refractivity contribution in [3.05, 3.63) is 59.9 Å². The Morgan fingerprint density at radius 2 is 1.82 bits per heavy atom. The van der Waals surface area contributed by atoms with Crippen LogP contribution in [0.2, 0.25) is 0 Å². The number of amides is 1. The maximum atomic E-state index is 12.7. The standard InChI is InChI=1S/C15H15FN2O3S/c1-11-3-2-4-14(9-11)22(20,21)17-10-15(19)18-13-7-5-12(16)6-8-13/h2-9,17H,10H2,1H3,(H,18,19). The Kier molecular flexibility index (Phi) is 4.89. The molecule has 1 amide bonds. The van der Waals surface area contributed by atoms with Crippen LogP contribution in [0.25, 0.3) is 0 Å². The molecule has 0 aliphatic carbocycles. The summed E-state index contributed by atoms with van der Waals surface area (Å²) in [6.45, 7) is 1.37. The van der Waals surface area contributed by atoms with Crippen molar-refractivity contribution in [2.24, 2.45) is 0 Å². The van der Waals surface area contributed by atoms with Crippen LogP contribution in [0.5, 0.6) is 0 Å². The van der Waals surface area contributed by atoms with Gasteiger partial charge in [0.15, 0.2) is 0 Å². The van der Waals surface area contributed by atoms with E-state index in [-0.39, 0.29) is 4.90 Å². The van der Waals surface area contributed by atoms with Crippen LogP contribution >= 0.6 is 0 Å². The average Bonchev–Trinajstić information content (AvgIpc) is 2.48. The Morgan fingerprint density at radius 1 is 1.14 bits per heavy atom. The van der Waals surface area contributed by atoms with Crippen LogP contribution in [-0.4, -0.2) is 20.9 Å². The Morgan fingerprint density at radius 3 is 2.45 bits per heavy atom.